The lowest BCUT2D eigenvalue weighted by atomic mass is 9.93. The van der Waals surface area contributed by atoms with E-state index in [1.54, 1.807) is 16.2 Å². The van der Waals surface area contributed by atoms with Crippen LogP contribution in [0.3, 0.4) is 0 Å². The normalized spacial score (nSPS) is 18.9. The van der Waals surface area contributed by atoms with Crippen molar-refractivity contribution in [3.8, 4) is 0 Å². The number of carbonyl (C=O) groups is 2. The smallest absolute Gasteiger partial charge is 0.313 e. The lowest BCUT2D eigenvalue weighted by molar-refractivity contribution is -0.136. The van der Waals surface area contributed by atoms with Crippen molar-refractivity contribution in [3.05, 3.63) is 16.1 Å². The van der Waals surface area contributed by atoms with Crippen LogP contribution in [0, 0.1) is 0 Å². The Balaban J connectivity index is 1.94. The Hall–Kier alpha value is -1.12. The number of carbonyl (C=O) groups excluding carboxylic acids is 1. The van der Waals surface area contributed by atoms with E-state index in [4.69, 9.17) is 9.84 Å². The van der Waals surface area contributed by atoms with Gasteiger partial charge in [0.25, 0.3) is 0 Å². The quantitative estimate of drug-likeness (QED) is 0.869. The van der Waals surface area contributed by atoms with Crippen molar-refractivity contribution in [1.29, 1.82) is 0 Å². The molecule has 0 spiro atoms. The topological polar surface area (TPSA) is 79.7 Å². The highest BCUT2D eigenvalue weighted by molar-refractivity contribution is 8.00. The van der Waals surface area contributed by atoms with Crippen LogP contribution in [0.15, 0.2) is 5.38 Å². The molecule has 128 valence electrons. The number of rotatable bonds is 5. The molecular weight excluding hydrogens is 336 g/mol. The third-order valence-electron chi connectivity index (χ3n) is 3.44. The Morgan fingerprint density at radius 2 is 2.22 bits per heavy atom. The molecule has 0 aromatic carbocycles. The fourth-order valence-corrected chi connectivity index (χ4v) is 3.84. The Morgan fingerprint density at radius 1 is 1.48 bits per heavy atom. The molecular formula is C15H22N2O4S2. The summed E-state index contributed by atoms with van der Waals surface area (Å²) in [5.41, 5.74) is 1.02. The maximum absolute atomic E-state index is 12.2. The maximum atomic E-state index is 12.2. The van der Waals surface area contributed by atoms with E-state index in [1.807, 2.05) is 5.38 Å². The van der Waals surface area contributed by atoms with Crippen molar-refractivity contribution in [2.24, 2.45) is 0 Å². The second-order valence-corrected chi connectivity index (χ2v) is 8.28. The molecule has 1 aliphatic heterocycles. The van der Waals surface area contributed by atoms with Gasteiger partial charge in [-0.05, 0) is 0 Å². The monoisotopic (exact) mass is 358 g/mol. The van der Waals surface area contributed by atoms with Crippen LogP contribution >= 0.6 is 23.1 Å². The molecule has 8 heteroatoms. The molecule has 1 fully saturated rings. The number of ether oxygens (including phenoxy) is 1. The molecule has 0 bridgehead atoms. The van der Waals surface area contributed by atoms with Crippen LogP contribution in [-0.2, 0) is 19.7 Å². The summed E-state index contributed by atoms with van der Waals surface area (Å²) in [4.78, 5) is 29.1. The number of thioether (sulfide) groups is 1. The molecule has 1 amide bonds. The summed E-state index contributed by atoms with van der Waals surface area (Å²) in [6.45, 7) is 7.84. The van der Waals surface area contributed by atoms with E-state index in [-0.39, 0.29) is 28.9 Å². The molecule has 2 heterocycles. The highest BCUT2D eigenvalue weighted by atomic mass is 32.2. The summed E-state index contributed by atoms with van der Waals surface area (Å²) in [7, 11) is 0. The van der Waals surface area contributed by atoms with Crippen LogP contribution in [0.4, 0.5) is 0 Å². The summed E-state index contributed by atoms with van der Waals surface area (Å²) >= 11 is 2.68. The molecule has 1 unspecified atom stereocenters. The van der Waals surface area contributed by atoms with Crippen LogP contribution in [-0.4, -0.2) is 58.1 Å². The number of aromatic nitrogens is 1. The van der Waals surface area contributed by atoms with E-state index in [0.717, 1.165) is 22.5 Å². The van der Waals surface area contributed by atoms with Gasteiger partial charge < -0.3 is 14.7 Å². The summed E-state index contributed by atoms with van der Waals surface area (Å²) in [6.07, 6.45) is -0.196. The van der Waals surface area contributed by atoms with Crippen molar-refractivity contribution in [1.82, 2.24) is 9.88 Å². The SMILES string of the molecule is CC(C)(C)c1csc(C2CN(C(=O)CSCC(=O)O)CCO2)n1. The van der Waals surface area contributed by atoms with Crippen molar-refractivity contribution in [2.75, 3.05) is 31.2 Å². The Kier molecular flexibility index (Phi) is 6.05. The lowest BCUT2D eigenvalue weighted by Gasteiger charge is -2.32. The number of carboxylic acid groups (broad SMARTS) is 1. The minimum atomic E-state index is -0.903. The predicted molar refractivity (Wildman–Crippen MR) is 91.0 cm³/mol. The van der Waals surface area contributed by atoms with E-state index in [2.05, 4.69) is 25.8 Å². The van der Waals surface area contributed by atoms with E-state index in [0.29, 0.717) is 19.7 Å². The van der Waals surface area contributed by atoms with Crippen LogP contribution in [0.1, 0.15) is 37.6 Å². The number of amides is 1. The van der Waals surface area contributed by atoms with Gasteiger partial charge in [0.2, 0.25) is 5.91 Å². The zero-order valence-electron chi connectivity index (χ0n) is 13.6. The molecule has 1 aromatic rings. The number of thiazole rings is 1. The average molecular weight is 358 g/mol. The number of aliphatic carboxylic acids is 1. The maximum Gasteiger partial charge on any atom is 0.313 e. The van der Waals surface area contributed by atoms with Gasteiger partial charge in [0.05, 0.1) is 30.4 Å². The van der Waals surface area contributed by atoms with Crippen molar-refractivity contribution in [3.63, 3.8) is 0 Å². The highest BCUT2D eigenvalue weighted by Gasteiger charge is 2.28. The van der Waals surface area contributed by atoms with Crippen LogP contribution in [0.25, 0.3) is 0 Å². The largest absolute Gasteiger partial charge is 0.481 e. The van der Waals surface area contributed by atoms with Gasteiger partial charge in [0.1, 0.15) is 11.1 Å². The average Bonchev–Trinajstić information content (AvgIpc) is 2.97. The third kappa shape index (κ3) is 5.19. The molecule has 0 aliphatic carbocycles. The Labute approximate surface area is 144 Å². The number of carboxylic acids is 1. The third-order valence-corrected chi connectivity index (χ3v) is 5.27. The second kappa shape index (κ2) is 7.63. The predicted octanol–water partition coefficient (Wildman–Crippen LogP) is 2.16. The number of nitrogens with zero attached hydrogens (tertiary/aromatic N) is 2. The molecule has 1 aromatic heterocycles. The fourth-order valence-electron chi connectivity index (χ4n) is 2.12. The summed E-state index contributed by atoms with van der Waals surface area (Å²) in [5.74, 6) is -0.817. The summed E-state index contributed by atoms with van der Waals surface area (Å²) < 4.78 is 5.77. The highest BCUT2D eigenvalue weighted by Crippen LogP contribution is 2.30. The summed E-state index contributed by atoms with van der Waals surface area (Å²) in [6, 6.07) is 0. The van der Waals surface area contributed by atoms with E-state index in [9.17, 15) is 9.59 Å². The minimum absolute atomic E-state index is 0.00754. The van der Waals surface area contributed by atoms with Crippen LogP contribution in [0.2, 0.25) is 0 Å². The Bertz CT molecular complexity index is 568. The first-order chi connectivity index (χ1) is 10.8. The standard InChI is InChI=1S/C15H22N2O4S2/c1-15(2,3)11-7-23-14(16-11)10-6-17(4-5-21-10)12(18)8-22-9-13(19)20/h7,10H,4-6,8-9H2,1-3H3,(H,19,20). The first kappa shape index (κ1) is 18.2. The number of morpholine rings is 1. The van der Waals surface area contributed by atoms with Crippen molar-refractivity contribution < 1.29 is 19.4 Å². The molecule has 1 N–H and O–H groups in total. The van der Waals surface area contributed by atoms with Gasteiger partial charge >= 0.3 is 5.97 Å². The zero-order valence-corrected chi connectivity index (χ0v) is 15.2. The van der Waals surface area contributed by atoms with E-state index >= 15 is 0 Å². The molecule has 0 radical (unpaired) electrons. The van der Waals surface area contributed by atoms with Crippen LogP contribution < -0.4 is 0 Å². The molecule has 1 saturated heterocycles. The zero-order chi connectivity index (χ0) is 17.0. The van der Waals surface area contributed by atoms with Crippen molar-refractivity contribution in [2.45, 2.75) is 32.3 Å². The minimum Gasteiger partial charge on any atom is -0.481 e. The van der Waals surface area contributed by atoms with Gasteiger partial charge in [0.15, 0.2) is 0 Å². The van der Waals surface area contributed by atoms with Crippen molar-refractivity contribution >= 4 is 35.0 Å². The van der Waals surface area contributed by atoms with Gasteiger partial charge in [0, 0.05) is 17.3 Å². The molecule has 2 rings (SSSR count). The van der Waals surface area contributed by atoms with E-state index < -0.39 is 5.97 Å². The number of hydrogen-bond donors (Lipinski definition) is 1. The van der Waals surface area contributed by atoms with Gasteiger partial charge in [-0.3, -0.25) is 9.59 Å². The number of hydrogen-bond acceptors (Lipinski definition) is 6. The molecule has 6 nitrogen and oxygen atoms in total. The molecule has 1 aliphatic rings. The Morgan fingerprint density at radius 3 is 2.83 bits per heavy atom. The fraction of sp³-hybridized carbons (Fsp3) is 0.667. The van der Waals surface area contributed by atoms with Gasteiger partial charge in [-0.25, -0.2) is 4.98 Å². The van der Waals surface area contributed by atoms with Crippen LogP contribution in [0.5, 0.6) is 0 Å². The van der Waals surface area contributed by atoms with Gasteiger partial charge in [-0.1, -0.05) is 20.8 Å². The molecule has 1 atom stereocenters. The first-order valence-electron chi connectivity index (χ1n) is 7.42. The molecule has 23 heavy (non-hydrogen) atoms. The lowest BCUT2D eigenvalue weighted by Crippen LogP contribution is -2.43. The second-order valence-electron chi connectivity index (χ2n) is 6.41. The van der Waals surface area contributed by atoms with E-state index in [1.165, 1.54) is 0 Å². The van der Waals surface area contributed by atoms with Gasteiger partial charge in [-0.2, -0.15) is 0 Å². The summed E-state index contributed by atoms with van der Waals surface area (Å²) in [5, 5.41) is 11.6. The first-order valence-corrected chi connectivity index (χ1v) is 9.45. The molecule has 0 saturated carbocycles. The van der Waals surface area contributed by atoms with Gasteiger partial charge in [-0.15, -0.1) is 23.1 Å².